The Balaban J connectivity index is 1.63. The number of aryl methyl sites for hydroxylation is 3. The van der Waals surface area contributed by atoms with Crippen LogP contribution in [0.4, 0.5) is 0 Å². The highest BCUT2D eigenvalue weighted by Gasteiger charge is 2.32. The van der Waals surface area contributed by atoms with Gasteiger partial charge in [-0.25, -0.2) is 4.18 Å². The van der Waals surface area contributed by atoms with E-state index in [4.69, 9.17) is 20.5 Å². The molecular formula is C23H21ClO4S. The maximum absolute atomic E-state index is 12.8. The third-order valence-corrected chi connectivity index (χ3v) is 6.74. The van der Waals surface area contributed by atoms with E-state index in [1.807, 2.05) is 56.3 Å². The molecule has 6 heteroatoms. The van der Waals surface area contributed by atoms with Gasteiger partial charge >= 0.3 is 10.1 Å². The normalized spacial score (nSPS) is 15.8. The molecule has 1 atom stereocenters. The van der Waals surface area contributed by atoms with Crippen LogP contribution >= 0.6 is 11.6 Å². The summed E-state index contributed by atoms with van der Waals surface area (Å²) < 4.78 is 37.0. The number of hydrogen-bond acceptors (Lipinski definition) is 4. The number of hydrogen-bond donors (Lipinski definition) is 0. The average Bonchev–Trinajstić information content (AvgIpc) is 3.03. The molecule has 0 bridgehead atoms. The maximum Gasteiger partial charge on any atom is 0.300 e. The van der Waals surface area contributed by atoms with E-state index in [1.54, 1.807) is 19.1 Å². The smallest absolute Gasteiger partial charge is 0.300 e. The summed E-state index contributed by atoms with van der Waals surface area (Å²) in [7, 11) is -3.94. The molecule has 3 aromatic rings. The molecule has 1 aliphatic heterocycles. The molecule has 0 radical (unpaired) electrons. The van der Waals surface area contributed by atoms with Crippen LogP contribution in [0.15, 0.2) is 59.5 Å². The summed E-state index contributed by atoms with van der Waals surface area (Å²) in [5.41, 5.74) is 5.46. The Hall–Kier alpha value is -2.34. The van der Waals surface area contributed by atoms with E-state index in [9.17, 15) is 8.42 Å². The standard InChI is InChI=1S/C23H21ClO4S/c1-14-7-10-21(16(3)11-14)29(25,26)28-22-13-17-5-4-6-20(23(17)27-22)19-9-8-18(24)12-15(19)2/h4-12,22H,13H2,1-3H3. The van der Waals surface area contributed by atoms with Crippen molar-refractivity contribution in [1.29, 1.82) is 0 Å². The second kappa shape index (κ2) is 7.48. The van der Waals surface area contributed by atoms with E-state index in [0.29, 0.717) is 22.8 Å². The first-order chi connectivity index (χ1) is 13.7. The molecule has 0 aromatic heterocycles. The predicted molar refractivity (Wildman–Crippen MR) is 114 cm³/mol. The second-order valence-corrected chi connectivity index (χ2v) is 9.30. The van der Waals surface area contributed by atoms with Crippen molar-refractivity contribution in [3.05, 3.63) is 81.9 Å². The van der Waals surface area contributed by atoms with Crippen molar-refractivity contribution in [2.45, 2.75) is 38.4 Å². The van der Waals surface area contributed by atoms with Crippen molar-refractivity contribution in [2.75, 3.05) is 0 Å². The van der Waals surface area contributed by atoms with Crippen LogP contribution in [-0.4, -0.2) is 14.7 Å². The fourth-order valence-electron chi connectivity index (χ4n) is 3.71. The Bertz CT molecular complexity index is 1200. The molecule has 4 rings (SSSR count). The molecule has 0 saturated heterocycles. The lowest BCUT2D eigenvalue weighted by atomic mass is 9.97. The van der Waals surface area contributed by atoms with Crippen molar-refractivity contribution in [3.8, 4) is 16.9 Å². The van der Waals surface area contributed by atoms with Crippen molar-refractivity contribution in [3.63, 3.8) is 0 Å². The number of halogens is 1. The minimum Gasteiger partial charge on any atom is -0.462 e. The molecule has 0 amide bonds. The Morgan fingerprint density at radius 1 is 0.966 bits per heavy atom. The van der Waals surface area contributed by atoms with Gasteiger partial charge < -0.3 is 4.74 Å². The monoisotopic (exact) mass is 428 g/mol. The van der Waals surface area contributed by atoms with E-state index in [-0.39, 0.29) is 4.90 Å². The summed E-state index contributed by atoms with van der Waals surface area (Å²) in [4.78, 5) is 0.163. The van der Waals surface area contributed by atoms with Gasteiger partial charge in [0.1, 0.15) is 5.75 Å². The first-order valence-electron chi connectivity index (χ1n) is 9.30. The molecular weight excluding hydrogens is 408 g/mol. The molecule has 0 aliphatic carbocycles. The number of rotatable bonds is 4. The van der Waals surface area contributed by atoms with Crippen molar-refractivity contribution in [2.24, 2.45) is 0 Å². The molecule has 3 aromatic carbocycles. The highest BCUT2D eigenvalue weighted by Crippen LogP contribution is 2.41. The predicted octanol–water partition coefficient (Wildman–Crippen LogP) is 5.60. The zero-order valence-electron chi connectivity index (χ0n) is 16.4. The topological polar surface area (TPSA) is 52.6 Å². The van der Waals surface area contributed by atoms with Crippen LogP contribution in [0.2, 0.25) is 5.02 Å². The van der Waals surface area contributed by atoms with E-state index < -0.39 is 16.4 Å². The van der Waals surface area contributed by atoms with E-state index >= 15 is 0 Å². The van der Waals surface area contributed by atoms with Gasteiger partial charge in [0.2, 0.25) is 6.29 Å². The summed E-state index contributed by atoms with van der Waals surface area (Å²) in [6.07, 6.45) is -0.538. The number of benzene rings is 3. The fraction of sp³-hybridized carbons (Fsp3) is 0.217. The summed E-state index contributed by atoms with van der Waals surface area (Å²) in [5.74, 6) is 0.652. The molecule has 0 spiro atoms. The number of para-hydroxylation sites is 1. The van der Waals surface area contributed by atoms with Crippen LogP contribution in [0.1, 0.15) is 22.3 Å². The lowest BCUT2D eigenvalue weighted by molar-refractivity contribution is 0.0316. The SMILES string of the molecule is Cc1ccc(S(=O)(=O)OC2Cc3cccc(-c4ccc(Cl)cc4C)c3O2)c(C)c1. The lowest BCUT2D eigenvalue weighted by Gasteiger charge is -2.15. The summed E-state index contributed by atoms with van der Waals surface area (Å²) >= 11 is 6.08. The number of ether oxygens (including phenoxy) is 1. The first-order valence-corrected chi connectivity index (χ1v) is 11.1. The van der Waals surface area contributed by atoms with Gasteiger partial charge in [-0.1, -0.05) is 53.6 Å². The highest BCUT2D eigenvalue weighted by atomic mass is 35.5. The second-order valence-electron chi connectivity index (χ2n) is 7.32. The minimum absolute atomic E-state index is 0.163. The Labute approximate surface area is 176 Å². The van der Waals surface area contributed by atoms with Gasteiger partial charge in [-0.3, -0.25) is 0 Å². The molecule has 1 heterocycles. The number of fused-ring (bicyclic) bond motifs is 1. The van der Waals surface area contributed by atoms with Crippen LogP contribution < -0.4 is 4.74 Å². The summed E-state index contributed by atoms with van der Waals surface area (Å²) in [6.45, 7) is 5.66. The molecule has 29 heavy (non-hydrogen) atoms. The fourth-order valence-corrected chi connectivity index (χ4v) is 5.11. The van der Waals surface area contributed by atoms with Gasteiger partial charge in [0.15, 0.2) is 0 Å². The quantitative estimate of drug-likeness (QED) is 0.507. The Morgan fingerprint density at radius 3 is 2.48 bits per heavy atom. The molecule has 150 valence electrons. The molecule has 1 unspecified atom stereocenters. The lowest BCUT2D eigenvalue weighted by Crippen LogP contribution is -2.23. The molecule has 0 N–H and O–H groups in total. The zero-order chi connectivity index (χ0) is 20.8. The van der Waals surface area contributed by atoms with Crippen LogP contribution in [0.25, 0.3) is 11.1 Å². The van der Waals surface area contributed by atoms with E-state index in [2.05, 4.69) is 0 Å². The summed E-state index contributed by atoms with van der Waals surface area (Å²) in [5, 5.41) is 0.667. The van der Waals surface area contributed by atoms with Crippen LogP contribution in [0, 0.1) is 20.8 Å². The molecule has 0 fully saturated rings. The van der Waals surface area contributed by atoms with E-state index in [1.165, 1.54) is 0 Å². The molecule has 4 nitrogen and oxygen atoms in total. The van der Waals surface area contributed by atoms with Crippen molar-refractivity contribution < 1.29 is 17.3 Å². The minimum atomic E-state index is -3.94. The van der Waals surface area contributed by atoms with Crippen LogP contribution in [-0.2, 0) is 20.7 Å². The highest BCUT2D eigenvalue weighted by molar-refractivity contribution is 7.86. The van der Waals surface area contributed by atoms with Crippen LogP contribution in [0.5, 0.6) is 5.75 Å². The van der Waals surface area contributed by atoms with Gasteiger partial charge in [-0.2, -0.15) is 8.42 Å². The van der Waals surface area contributed by atoms with Gasteiger partial charge in [0.25, 0.3) is 0 Å². The van der Waals surface area contributed by atoms with Crippen LogP contribution in [0.3, 0.4) is 0 Å². The Morgan fingerprint density at radius 2 is 1.76 bits per heavy atom. The largest absolute Gasteiger partial charge is 0.462 e. The summed E-state index contributed by atoms with van der Waals surface area (Å²) in [6, 6.07) is 16.6. The van der Waals surface area contributed by atoms with Gasteiger partial charge in [0, 0.05) is 22.6 Å². The van der Waals surface area contributed by atoms with E-state index in [0.717, 1.165) is 27.8 Å². The zero-order valence-corrected chi connectivity index (χ0v) is 18.0. The van der Waals surface area contributed by atoms with Gasteiger partial charge in [0.05, 0.1) is 4.90 Å². The van der Waals surface area contributed by atoms with Crippen molar-refractivity contribution in [1.82, 2.24) is 0 Å². The third kappa shape index (κ3) is 3.90. The molecule has 0 saturated carbocycles. The average molecular weight is 429 g/mol. The van der Waals surface area contributed by atoms with Crippen molar-refractivity contribution >= 4 is 21.7 Å². The van der Waals surface area contributed by atoms with Gasteiger partial charge in [-0.15, -0.1) is 0 Å². The third-order valence-electron chi connectivity index (χ3n) is 5.04. The first kappa shape index (κ1) is 20.0. The Kier molecular flexibility index (Phi) is 5.15. The molecule has 1 aliphatic rings. The van der Waals surface area contributed by atoms with Gasteiger partial charge in [-0.05, 0) is 55.7 Å². The maximum atomic E-state index is 12.8.